The molecule has 2 fully saturated rings. The normalized spacial score (nSPS) is 24.9. The van der Waals surface area contributed by atoms with Crippen molar-refractivity contribution in [3.8, 4) is 0 Å². The molecule has 0 bridgehead atoms. The van der Waals surface area contributed by atoms with Crippen molar-refractivity contribution in [1.82, 2.24) is 5.32 Å². The molecule has 78 valence electrons. The SMILES string of the molecule is C1CC(OCC2CCNCC2)C1.Cl. The highest BCUT2D eigenvalue weighted by atomic mass is 35.5. The van der Waals surface area contributed by atoms with Gasteiger partial charge in [-0.25, -0.2) is 0 Å². The second kappa shape index (κ2) is 5.84. The molecule has 0 unspecified atom stereocenters. The van der Waals surface area contributed by atoms with Crippen molar-refractivity contribution >= 4 is 12.4 Å². The summed E-state index contributed by atoms with van der Waals surface area (Å²) >= 11 is 0. The zero-order valence-corrected chi connectivity index (χ0v) is 8.94. The number of hydrogen-bond acceptors (Lipinski definition) is 2. The van der Waals surface area contributed by atoms with Gasteiger partial charge < -0.3 is 10.1 Å². The number of piperidine rings is 1. The van der Waals surface area contributed by atoms with Crippen LogP contribution in [0.15, 0.2) is 0 Å². The van der Waals surface area contributed by atoms with Gasteiger partial charge in [0.25, 0.3) is 0 Å². The van der Waals surface area contributed by atoms with Crippen LogP contribution in [0.4, 0.5) is 0 Å². The summed E-state index contributed by atoms with van der Waals surface area (Å²) in [6, 6.07) is 0. The van der Waals surface area contributed by atoms with Gasteiger partial charge in [0, 0.05) is 6.61 Å². The number of hydrogen-bond donors (Lipinski definition) is 1. The summed E-state index contributed by atoms with van der Waals surface area (Å²) in [5.41, 5.74) is 0. The molecule has 2 nitrogen and oxygen atoms in total. The second-order valence-corrected chi connectivity index (χ2v) is 4.08. The van der Waals surface area contributed by atoms with Crippen LogP contribution in [0, 0.1) is 5.92 Å². The van der Waals surface area contributed by atoms with Gasteiger partial charge in [0.2, 0.25) is 0 Å². The summed E-state index contributed by atoms with van der Waals surface area (Å²) in [7, 11) is 0. The Labute approximate surface area is 86.8 Å². The van der Waals surface area contributed by atoms with Gasteiger partial charge in [0.05, 0.1) is 6.10 Å². The molecule has 1 saturated carbocycles. The summed E-state index contributed by atoms with van der Waals surface area (Å²) in [4.78, 5) is 0. The first-order valence-electron chi connectivity index (χ1n) is 5.27. The molecule has 1 aliphatic heterocycles. The van der Waals surface area contributed by atoms with Gasteiger partial charge in [0.15, 0.2) is 0 Å². The Morgan fingerprint density at radius 1 is 1.08 bits per heavy atom. The average molecular weight is 206 g/mol. The van der Waals surface area contributed by atoms with Gasteiger partial charge >= 0.3 is 0 Å². The lowest BCUT2D eigenvalue weighted by atomic mass is 9.95. The van der Waals surface area contributed by atoms with Crippen LogP contribution in [-0.2, 0) is 4.74 Å². The van der Waals surface area contributed by atoms with E-state index in [1.165, 1.54) is 45.2 Å². The van der Waals surface area contributed by atoms with Crippen LogP contribution < -0.4 is 5.32 Å². The van der Waals surface area contributed by atoms with Crippen molar-refractivity contribution in [2.45, 2.75) is 38.2 Å². The first kappa shape index (κ1) is 11.3. The molecule has 13 heavy (non-hydrogen) atoms. The van der Waals surface area contributed by atoms with Crippen molar-refractivity contribution in [3.05, 3.63) is 0 Å². The lowest BCUT2D eigenvalue weighted by Crippen LogP contribution is -2.32. The van der Waals surface area contributed by atoms with Gasteiger partial charge in [-0.1, -0.05) is 0 Å². The molecule has 2 aliphatic rings. The minimum absolute atomic E-state index is 0. The molecule has 0 aromatic heterocycles. The van der Waals surface area contributed by atoms with E-state index in [1.807, 2.05) is 0 Å². The minimum Gasteiger partial charge on any atom is -0.378 e. The molecular weight excluding hydrogens is 186 g/mol. The van der Waals surface area contributed by atoms with Gasteiger partial charge in [-0.05, 0) is 51.1 Å². The fourth-order valence-electron chi connectivity index (χ4n) is 1.86. The molecule has 0 spiro atoms. The van der Waals surface area contributed by atoms with E-state index in [4.69, 9.17) is 4.74 Å². The van der Waals surface area contributed by atoms with Crippen molar-refractivity contribution in [1.29, 1.82) is 0 Å². The maximum atomic E-state index is 5.79. The Bertz CT molecular complexity index is 133. The third kappa shape index (κ3) is 3.45. The Balaban J connectivity index is 0.000000845. The van der Waals surface area contributed by atoms with E-state index in [0.717, 1.165) is 12.5 Å². The average Bonchev–Trinajstić information content (AvgIpc) is 2.04. The van der Waals surface area contributed by atoms with Crippen LogP contribution in [0.2, 0.25) is 0 Å². The van der Waals surface area contributed by atoms with Crippen molar-refractivity contribution in [2.75, 3.05) is 19.7 Å². The molecule has 1 heterocycles. The molecule has 1 aliphatic carbocycles. The highest BCUT2D eigenvalue weighted by molar-refractivity contribution is 5.85. The van der Waals surface area contributed by atoms with Crippen LogP contribution in [0.5, 0.6) is 0 Å². The van der Waals surface area contributed by atoms with Gasteiger partial charge in [-0.3, -0.25) is 0 Å². The van der Waals surface area contributed by atoms with Crippen LogP contribution >= 0.6 is 12.4 Å². The lowest BCUT2D eigenvalue weighted by Gasteiger charge is -2.29. The van der Waals surface area contributed by atoms with Crippen molar-refractivity contribution in [3.63, 3.8) is 0 Å². The van der Waals surface area contributed by atoms with Gasteiger partial charge in [-0.2, -0.15) is 0 Å². The lowest BCUT2D eigenvalue weighted by molar-refractivity contribution is -0.0201. The highest BCUT2D eigenvalue weighted by Crippen LogP contribution is 2.23. The Hall–Kier alpha value is 0.210. The van der Waals surface area contributed by atoms with E-state index in [1.54, 1.807) is 0 Å². The smallest absolute Gasteiger partial charge is 0.0575 e. The summed E-state index contributed by atoms with van der Waals surface area (Å²) in [5, 5.41) is 3.37. The molecule has 1 N–H and O–H groups in total. The molecule has 0 amide bonds. The highest BCUT2D eigenvalue weighted by Gasteiger charge is 2.20. The number of halogens is 1. The maximum Gasteiger partial charge on any atom is 0.0575 e. The Kier molecular flexibility index (Phi) is 5.07. The number of nitrogens with one attached hydrogen (secondary N) is 1. The van der Waals surface area contributed by atoms with Gasteiger partial charge in [-0.15, -0.1) is 12.4 Å². The molecule has 3 heteroatoms. The monoisotopic (exact) mass is 205 g/mol. The third-order valence-corrected chi connectivity index (χ3v) is 3.08. The predicted molar refractivity (Wildman–Crippen MR) is 56.4 cm³/mol. The van der Waals surface area contributed by atoms with Crippen LogP contribution in [-0.4, -0.2) is 25.8 Å². The summed E-state index contributed by atoms with van der Waals surface area (Å²) < 4.78 is 5.79. The van der Waals surface area contributed by atoms with Crippen molar-refractivity contribution < 1.29 is 4.74 Å². The zero-order chi connectivity index (χ0) is 8.23. The van der Waals surface area contributed by atoms with Crippen LogP contribution in [0.25, 0.3) is 0 Å². The molecule has 1 saturated heterocycles. The van der Waals surface area contributed by atoms with E-state index in [0.29, 0.717) is 6.10 Å². The Morgan fingerprint density at radius 2 is 1.77 bits per heavy atom. The summed E-state index contributed by atoms with van der Waals surface area (Å²) in [5.74, 6) is 0.840. The number of rotatable bonds is 3. The molecular formula is C10H20ClNO. The minimum atomic E-state index is 0. The molecule has 0 aromatic carbocycles. The standard InChI is InChI=1S/C10H19NO.ClH/c1-2-10(3-1)12-8-9-4-6-11-7-5-9;/h9-11H,1-8H2;1H. The maximum absolute atomic E-state index is 5.79. The van der Waals surface area contributed by atoms with E-state index >= 15 is 0 Å². The fraction of sp³-hybridized carbons (Fsp3) is 1.00. The zero-order valence-electron chi connectivity index (χ0n) is 8.13. The van der Waals surface area contributed by atoms with E-state index in [-0.39, 0.29) is 12.4 Å². The third-order valence-electron chi connectivity index (χ3n) is 3.08. The van der Waals surface area contributed by atoms with Crippen molar-refractivity contribution in [2.24, 2.45) is 5.92 Å². The van der Waals surface area contributed by atoms with E-state index in [2.05, 4.69) is 5.32 Å². The van der Waals surface area contributed by atoms with E-state index in [9.17, 15) is 0 Å². The van der Waals surface area contributed by atoms with Crippen LogP contribution in [0.3, 0.4) is 0 Å². The second-order valence-electron chi connectivity index (χ2n) is 4.08. The van der Waals surface area contributed by atoms with E-state index < -0.39 is 0 Å². The Morgan fingerprint density at radius 3 is 2.31 bits per heavy atom. The predicted octanol–water partition coefficient (Wildman–Crippen LogP) is 1.98. The number of ether oxygens (including phenoxy) is 1. The topological polar surface area (TPSA) is 21.3 Å². The molecule has 0 atom stereocenters. The van der Waals surface area contributed by atoms with Gasteiger partial charge in [0.1, 0.15) is 0 Å². The first-order chi connectivity index (χ1) is 5.95. The molecule has 0 radical (unpaired) electrons. The quantitative estimate of drug-likeness (QED) is 0.761. The fourth-order valence-corrected chi connectivity index (χ4v) is 1.86. The summed E-state index contributed by atoms with van der Waals surface area (Å²) in [6.45, 7) is 3.41. The molecule has 2 rings (SSSR count). The largest absolute Gasteiger partial charge is 0.378 e. The summed E-state index contributed by atoms with van der Waals surface area (Å²) in [6.07, 6.45) is 7.26. The first-order valence-corrected chi connectivity index (χ1v) is 5.27. The van der Waals surface area contributed by atoms with Crippen LogP contribution in [0.1, 0.15) is 32.1 Å². The molecule has 0 aromatic rings.